The van der Waals surface area contributed by atoms with E-state index >= 15 is 0 Å². The first-order valence-corrected chi connectivity index (χ1v) is 5.89. The Morgan fingerprint density at radius 3 is 2.61 bits per heavy atom. The van der Waals surface area contributed by atoms with Gasteiger partial charge in [0.1, 0.15) is 0 Å². The van der Waals surface area contributed by atoms with E-state index in [-0.39, 0.29) is 24.3 Å². The Balaban J connectivity index is 2.90. The number of carbonyl (C=O) groups excluding carboxylic acids is 1. The van der Waals surface area contributed by atoms with Crippen molar-refractivity contribution in [2.75, 3.05) is 7.11 Å². The fraction of sp³-hybridized carbons (Fsp3) is 0.500. The van der Waals surface area contributed by atoms with Gasteiger partial charge in [-0.05, 0) is 17.5 Å². The number of alkyl halides is 2. The molecule has 0 saturated carbocycles. The lowest BCUT2D eigenvalue weighted by Gasteiger charge is -2.19. The predicted octanol–water partition coefficient (Wildman–Crippen LogP) is 3.54. The molecule has 0 radical (unpaired) electrons. The normalized spacial score (nSPS) is 11.7. The van der Waals surface area contributed by atoms with Gasteiger partial charge < -0.3 is 4.74 Å². The zero-order valence-corrected chi connectivity index (χ0v) is 10.9. The second-order valence-corrected chi connectivity index (χ2v) is 4.76. The molecule has 0 unspecified atom stereocenters. The van der Waals surface area contributed by atoms with E-state index in [9.17, 15) is 13.6 Å². The minimum atomic E-state index is -2.86. The highest BCUT2D eigenvalue weighted by Gasteiger charge is 2.32. The molecular formula is C14H18F2O2. The monoisotopic (exact) mass is 256 g/mol. The van der Waals surface area contributed by atoms with E-state index in [4.69, 9.17) is 0 Å². The SMILES string of the molecule is COC(=O)Cc1cccc(C(F)(F)CC(C)C)c1. The lowest BCUT2D eigenvalue weighted by atomic mass is 9.96. The van der Waals surface area contributed by atoms with Crippen molar-refractivity contribution in [3.8, 4) is 0 Å². The third kappa shape index (κ3) is 4.09. The summed E-state index contributed by atoms with van der Waals surface area (Å²) < 4.78 is 32.3. The van der Waals surface area contributed by atoms with Gasteiger partial charge in [0.15, 0.2) is 0 Å². The lowest BCUT2D eigenvalue weighted by molar-refractivity contribution is -0.139. The summed E-state index contributed by atoms with van der Waals surface area (Å²) in [6, 6.07) is 5.95. The molecule has 0 saturated heterocycles. The Labute approximate surface area is 106 Å². The van der Waals surface area contributed by atoms with Crippen LogP contribution in [-0.2, 0) is 21.9 Å². The third-order valence-electron chi connectivity index (χ3n) is 2.59. The summed E-state index contributed by atoms with van der Waals surface area (Å²) in [4.78, 5) is 11.1. The molecule has 2 nitrogen and oxygen atoms in total. The van der Waals surface area contributed by atoms with Gasteiger partial charge in [-0.2, -0.15) is 0 Å². The van der Waals surface area contributed by atoms with Gasteiger partial charge in [-0.25, -0.2) is 8.78 Å². The zero-order valence-electron chi connectivity index (χ0n) is 10.9. The molecule has 18 heavy (non-hydrogen) atoms. The lowest BCUT2D eigenvalue weighted by Crippen LogP contribution is -2.17. The van der Waals surface area contributed by atoms with Gasteiger partial charge in [-0.3, -0.25) is 4.79 Å². The predicted molar refractivity (Wildman–Crippen MR) is 65.5 cm³/mol. The molecule has 0 aromatic heterocycles. The average Bonchev–Trinajstić information content (AvgIpc) is 2.27. The van der Waals surface area contributed by atoms with Crippen molar-refractivity contribution >= 4 is 5.97 Å². The van der Waals surface area contributed by atoms with Crippen molar-refractivity contribution in [2.24, 2.45) is 5.92 Å². The van der Waals surface area contributed by atoms with Crippen LogP contribution < -0.4 is 0 Å². The molecule has 0 fully saturated rings. The summed E-state index contributed by atoms with van der Waals surface area (Å²) in [5.41, 5.74) is 0.500. The third-order valence-corrected chi connectivity index (χ3v) is 2.59. The maximum absolute atomic E-state index is 13.9. The van der Waals surface area contributed by atoms with E-state index in [1.165, 1.54) is 19.2 Å². The van der Waals surface area contributed by atoms with Crippen molar-refractivity contribution in [1.29, 1.82) is 0 Å². The molecule has 100 valence electrons. The van der Waals surface area contributed by atoms with Crippen molar-refractivity contribution in [1.82, 2.24) is 0 Å². The smallest absolute Gasteiger partial charge is 0.309 e. The van der Waals surface area contributed by atoms with Crippen LogP contribution in [0.5, 0.6) is 0 Å². The van der Waals surface area contributed by atoms with Crippen LogP contribution in [0.2, 0.25) is 0 Å². The maximum atomic E-state index is 13.9. The topological polar surface area (TPSA) is 26.3 Å². The Kier molecular flexibility index (Phi) is 4.82. The molecule has 0 spiro atoms. The summed E-state index contributed by atoms with van der Waals surface area (Å²) in [5, 5.41) is 0. The minimum Gasteiger partial charge on any atom is -0.469 e. The number of hydrogen-bond donors (Lipinski definition) is 0. The molecule has 4 heteroatoms. The van der Waals surface area contributed by atoms with Crippen LogP contribution in [0.15, 0.2) is 24.3 Å². The van der Waals surface area contributed by atoms with Gasteiger partial charge in [0, 0.05) is 12.0 Å². The average molecular weight is 256 g/mol. The number of carbonyl (C=O) groups is 1. The van der Waals surface area contributed by atoms with Gasteiger partial charge in [0.2, 0.25) is 0 Å². The first-order chi connectivity index (χ1) is 8.35. The highest BCUT2D eigenvalue weighted by atomic mass is 19.3. The number of methoxy groups -OCH3 is 1. The standard InChI is InChI=1S/C14H18F2O2/c1-10(2)9-14(15,16)12-6-4-5-11(7-12)8-13(17)18-3/h4-7,10H,8-9H2,1-3H3. The molecule has 1 aromatic rings. The van der Waals surface area contributed by atoms with Crippen molar-refractivity contribution in [3.05, 3.63) is 35.4 Å². The first-order valence-electron chi connectivity index (χ1n) is 5.89. The van der Waals surface area contributed by atoms with Gasteiger partial charge in [0.25, 0.3) is 5.92 Å². The second kappa shape index (κ2) is 5.94. The van der Waals surface area contributed by atoms with Crippen LogP contribution >= 0.6 is 0 Å². The first kappa shape index (κ1) is 14.6. The van der Waals surface area contributed by atoms with E-state index < -0.39 is 11.9 Å². The summed E-state index contributed by atoms with van der Waals surface area (Å²) in [6.45, 7) is 3.51. The minimum absolute atomic E-state index is 0.0160. The highest BCUT2D eigenvalue weighted by Crippen LogP contribution is 2.34. The molecule has 0 N–H and O–H groups in total. The van der Waals surface area contributed by atoms with Gasteiger partial charge in [-0.1, -0.05) is 32.0 Å². The van der Waals surface area contributed by atoms with Crippen molar-refractivity contribution in [2.45, 2.75) is 32.6 Å². The second-order valence-electron chi connectivity index (χ2n) is 4.76. The number of hydrogen-bond acceptors (Lipinski definition) is 2. The fourth-order valence-corrected chi connectivity index (χ4v) is 1.78. The van der Waals surface area contributed by atoms with Crippen LogP contribution in [-0.4, -0.2) is 13.1 Å². The molecule has 0 heterocycles. The maximum Gasteiger partial charge on any atom is 0.309 e. The molecule has 1 aromatic carbocycles. The Morgan fingerprint density at radius 2 is 2.06 bits per heavy atom. The van der Waals surface area contributed by atoms with E-state index in [0.29, 0.717) is 5.56 Å². The number of ether oxygens (including phenoxy) is 1. The zero-order chi connectivity index (χ0) is 13.8. The highest BCUT2D eigenvalue weighted by molar-refractivity contribution is 5.72. The summed E-state index contributed by atoms with van der Waals surface area (Å²) in [6.07, 6.45) is -0.184. The van der Waals surface area contributed by atoms with Crippen LogP contribution in [0.4, 0.5) is 8.78 Å². The Hall–Kier alpha value is -1.45. The van der Waals surface area contributed by atoms with E-state index in [1.807, 2.05) is 0 Å². The number of esters is 1. The Bertz CT molecular complexity index is 414. The summed E-state index contributed by atoms with van der Waals surface area (Å²) in [7, 11) is 1.28. The number of halogens is 2. The van der Waals surface area contributed by atoms with Crippen molar-refractivity contribution < 1.29 is 18.3 Å². The molecule has 0 bridgehead atoms. The Morgan fingerprint density at radius 1 is 1.39 bits per heavy atom. The quantitative estimate of drug-likeness (QED) is 0.753. The molecule has 0 atom stereocenters. The molecular weight excluding hydrogens is 238 g/mol. The van der Waals surface area contributed by atoms with Crippen LogP contribution in [0.25, 0.3) is 0 Å². The van der Waals surface area contributed by atoms with Crippen LogP contribution in [0.3, 0.4) is 0 Å². The molecule has 1 rings (SSSR count). The largest absolute Gasteiger partial charge is 0.469 e. The summed E-state index contributed by atoms with van der Waals surface area (Å²) in [5.74, 6) is -3.39. The van der Waals surface area contributed by atoms with Gasteiger partial charge in [0.05, 0.1) is 13.5 Å². The van der Waals surface area contributed by atoms with Gasteiger partial charge >= 0.3 is 5.97 Å². The molecule has 0 aliphatic heterocycles. The van der Waals surface area contributed by atoms with Crippen LogP contribution in [0, 0.1) is 5.92 Å². The number of rotatable bonds is 5. The van der Waals surface area contributed by atoms with Gasteiger partial charge in [-0.15, -0.1) is 0 Å². The van der Waals surface area contributed by atoms with Crippen molar-refractivity contribution in [3.63, 3.8) is 0 Å². The van der Waals surface area contributed by atoms with Crippen LogP contribution in [0.1, 0.15) is 31.4 Å². The molecule has 0 aliphatic carbocycles. The van der Waals surface area contributed by atoms with E-state index in [2.05, 4.69) is 4.74 Å². The molecule has 0 aliphatic rings. The van der Waals surface area contributed by atoms with E-state index in [0.717, 1.165) is 0 Å². The summed E-state index contributed by atoms with van der Waals surface area (Å²) >= 11 is 0. The fourth-order valence-electron chi connectivity index (χ4n) is 1.78. The van der Waals surface area contributed by atoms with E-state index in [1.54, 1.807) is 26.0 Å². The number of benzene rings is 1. The molecule has 0 amide bonds.